The Balaban J connectivity index is 1.47. The van der Waals surface area contributed by atoms with Crippen molar-refractivity contribution in [2.24, 2.45) is 0 Å². The van der Waals surface area contributed by atoms with Crippen LogP contribution in [0.4, 0.5) is 0 Å². The predicted octanol–water partition coefficient (Wildman–Crippen LogP) is 4.30. The van der Waals surface area contributed by atoms with E-state index in [-0.39, 0.29) is 12.5 Å². The molecule has 5 rings (SSSR count). The Morgan fingerprint density at radius 3 is 2.79 bits per heavy atom. The molecule has 1 aliphatic heterocycles. The number of rotatable bonds is 5. The predicted molar refractivity (Wildman–Crippen MR) is 128 cm³/mol. The van der Waals surface area contributed by atoms with Crippen LogP contribution in [0.25, 0.3) is 11.4 Å². The Hall–Kier alpha value is -2.83. The van der Waals surface area contributed by atoms with E-state index in [1.54, 1.807) is 7.11 Å². The highest BCUT2D eigenvalue weighted by molar-refractivity contribution is 6.33. The van der Waals surface area contributed by atoms with E-state index in [2.05, 4.69) is 23.1 Å². The molecule has 6 nitrogen and oxygen atoms in total. The molecule has 0 fully saturated rings. The summed E-state index contributed by atoms with van der Waals surface area (Å²) >= 11 is 6.50. The molecule has 1 unspecified atom stereocenters. The highest BCUT2D eigenvalue weighted by Gasteiger charge is 2.32. The summed E-state index contributed by atoms with van der Waals surface area (Å²) in [5.74, 6) is 1.41. The van der Waals surface area contributed by atoms with Crippen molar-refractivity contribution in [3.63, 3.8) is 0 Å². The number of hydrogen-bond acceptors (Lipinski definition) is 5. The molecule has 3 aromatic rings. The second-order valence-electron chi connectivity index (χ2n) is 8.69. The Morgan fingerprint density at radius 1 is 1.15 bits per heavy atom. The van der Waals surface area contributed by atoms with Gasteiger partial charge in [0.05, 0.1) is 30.6 Å². The summed E-state index contributed by atoms with van der Waals surface area (Å²) in [6, 6.07) is 14.4. The number of benzene rings is 2. The van der Waals surface area contributed by atoms with E-state index < -0.39 is 0 Å². The summed E-state index contributed by atoms with van der Waals surface area (Å²) < 4.78 is 12.6. The van der Waals surface area contributed by atoms with Gasteiger partial charge in [-0.2, -0.15) is 0 Å². The molecule has 33 heavy (non-hydrogen) atoms. The van der Waals surface area contributed by atoms with E-state index in [9.17, 15) is 4.79 Å². The summed E-state index contributed by atoms with van der Waals surface area (Å²) in [5, 5.41) is 0.624. The number of halogens is 1. The van der Waals surface area contributed by atoms with Gasteiger partial charge in [-0.3, -0.25) is 9.69 Å². The molecule has 0 N–H and O–H groups in total. The van der Waals surface area contributed by atoms with Gasteiger partial charge >= 0.3 is 5.97 Å². The van der Waals surface area contributed by atoms with Crippen LogP contribution in [0, 0.1) is 0 Å². The van der Waals surface area contributed by atoms with Crippen molar-refractivity contribution in [1.29, 1.82) is 0 Å². The third-order valence-electron chi connectivity index (χ3n) is 6.93. The quantitative estimate of drug-likeness (QED) is 0.526. The minimum atomic E-state index is -0.294. The van der Waals surface area contributed by atoms with E-state index >= 15 is 0 Å². The summed E-state index contributed by atoms with van der Waals surface area (Å²) in [7, 11) is 3.16. The molecule has 2 aliphatic rings. The van der Waals surface area contributed by atoms with E-state index in [1.165, 1.54) is 18.2 Å². The number of ether oxygens (including phenoxy) is 2. The fourth-order valence-corrected chi connectivity index (χ4v) is 5.42. The van der Waals surface area contributed by atoms with Gasteiger partial charge in [0.1, 0.15) is 18.1 Å². The number of hydrogen-bond donors (Lipinski definition) is 0. The van der Waals surface area contributed by atoms with Gasteiger partial charge in [0.15, 0.2) is 0 Å². The van der Waals surface area contributed by atoms with Crippen LogP contribution in [-0.4, -0.2) is 47.2 Å². The molecule has 1 aliphatic carbocycles. The van der Waals surface area contributed by atoms with Gasteiger partial charge in [-0.05, 0) is 48.6 Å². The van der Waals surface area contributed by atoms with Crippen LogP contribution >= 0.6 is 11.6 Å². The van der Waals surface area contributed by atoms with Crippen LogP contribution < -0.4 is 4.74 Å². The topological polar surface area (TPSA) is 56.6 Å². The van der Waals surface area contributed by atoms with Gasteiger partial charge < -0.3 is 14.0 Å². The first-order chi connectivity index (χ1) is 16.1. The molecule has 2 aromatic carbocycles. The highest BCUT2D eigenvalue weighted by atomic mass is 35.5. The van der Waals surface area contributed by atoms with Gasteiger partial charge in [0, 0.05) is 31.1 Å². The second kappa shape index (κ2) is 9.20. The fraction of sp³-hybridized carbons (Fsp3) is 0.385. The van der Waals surface area contributed by atoms with Crippen LogP contribution in [-0.2, 0) is 41.9 Å². The summed E-state index contributed by atoms with van der Waals surface area (Å²) in [6.45, 7) is 1.81. The third kappa shape index (κ3) is 4.13. The van der Waals surface area contributed by atoms with E-state index in [4.69, 9.17) is 26.1 Å². The highest BCUT2D eigenvalue weighted by Crippen LogP contribution is 2.35. The zero-order valence-corrected chi connectivity index (χ0v) is 19.8. The Kier molecular flexibility index (Phi) is 6.13. The van der Waals surface area contributed by atoms with E-state index in [0.717, 1.165) is 67.3 Å². The Labute approximate surface area is 199 Å². The van der Waals surface area contributed by atoms with Gasteiger partial charge in [-0.25, -0.2) is 4.98 Å². The molecule has 1 atom stereocenters. The standard InChI is InChI=1S/C26H28ClN3O3/c1-32-24-9-5-6-17-10-11-18(14-20(17)24)29-13-12-22-23(15-29)30(16-25(31)33-2)26(28-22)19-7-3-4-8-21(19)27/h3-9,18H,10-16H2,1-2H3. The van der Waals surface area contributed by atoms with Crippen molar-refractivity contribution >= 4 is 17.6 Å². The molecule has 0 radical (unpaired) electrons. The molecule has 0 bridgehead atoms. The van der Waals surface area contributed by atoms with Crippen LogP contribution in [0.15, 0.2) is 42.5 Å². The maximum Gasteiger partial charge on any atom is 0.325 e. The molecular formula is C26H28ClN3O3. The van der Waals surface area contributed by atoms with Crippen molar-refractivity contribution in [2.45, 2.75) is 44.8 Å². The van der Waals surface area contributed by atoms with Crippen LogP contribution in [0.3, 0.4) is 0 Å². The zero-order chi connectivity index (χ0) is 22.9. The molecule has 0 saturated carbocycles. The number of nitrogens with zero attached hydrogens (tertiary/aromatic N) is 3. The Bertz CT molecular complexity index is 1180. The molecule has 0 amide bonds. The van der Waals surface area contributed by atoms with Crippen LogP contribution in [0.5, 0.6) is 5.75 Å². The van der Waals surface area contributed by atoms with Crippen LogP contribution in [0.1, 0.15) is 28.9 Å². The Morgan fingerprint density at radius 2 is 2.00 bits per heavy atom. The first kappa shape index (κ1) is 22.0. The molecule has 0 spiro atoms. The van der Waals surface area contributed by atoms with Crippen LogP contribution in [0.2, 0.25) is 5.02 Å². The minimum Gasteiger partial charge on any atom is -0.496 e. The van der Waals surface area contributed by atoms with Crippen molar-refractivity contribution in [2.75, 3.05) is 20.8 Å². The summed E-state index contributed by atoms with van der Waals surface area (Å²) in [6.07, 6.45) is 3.97. The number of carbonyl (C=O) groups is 1. The first-order valence-corrected chi connectivity index (χ1v) is 11.8. The van der Waals surface area contributed by atoms with E-state index in [1.807, 2.05) is 28.8 Å². The number of fused-ring (bicyclic) bond motifs is 2. The lowest BCUT2D eigenvalue weighted by atomic mass is 9.86. The van der Waals surface area contributed by atoms with Crippen molar-refractivity contribution in [3.8, 4) is 17.1 Å². The molecule has 1 aromatic heterocycles. The number of carbonyl (C=O) groups excluding carboxylic acids is 1. The van der Waals surface area contributed by atoms with Crippen molar-refractivity contribution in [3.05, 3.63) is 70.0 Å². The molecule has 172 valence electrons. The lowest BCUT2D eigenvalue weighted by Gasteiger charge is -2.37. The normalized spacial score (nSPS) is 17.8. The number of esters is 1. The van der Waals surface area contributed by atoms with Gasteiger partial charge in [0.25, 0.3) is 0 Å². The van der Waals surface area contributed by atoms with E-state index in [0.29, 0.717) is 11.1 Å². The maximum atomic E-state index is 12.3. The largest absolute Gasteiger partial charge is 0.496 e. The van der Waals surface area contributed by atoms with Crippen molar-refractivity contribution < 1.29 is 14.3 Å². The number of methoxy groups -OCH3 is 2. The SMILES string of the molecule is COC(=O)Cn1c(-c2ccccc2Cl)nc2c1CN(C1CCc3cccc(OC)c3C1)CC2. The number of aryl methyl sites for hydroxylation is 1. The zero-order valence-electron chi connectivity index (χ0n) is 19.0. The average Bonchev–Trinajstić information content (AvgIpc) is 3.20. The van der Waals surface area contributed by atoms with Crippen molar-refractivity contribution in [1.82, 2.24) is 14.5 Å². The molecule has 2 heterocycles. The van der Waals surface area contributed by atoms with Gasteiger partial charge in [-0.1, -0.05) is 35.9 Å². The minimum absolute atomic E-state index is 0.120. The molecule has 7 heteroatoms. The first-order valence-electron chi connectivity index (χ1n) is 11.4. The lowest BCUT2D eigenvalue weighted by Crippen LogP contribution is -2.43. The lowest BCUT2D eigenvalue weighted by molar-refractivity contribution is -0.141. The third-order valence-corrected chi connectivity index (χ3v) is 7.26. The number of imidazole rings is 1. The smallest absolute Gasteiger partial charge is 0.325 e. The average molecular weight is 466 g/mol. The second-order valence-corrected chi connectivity index (χ2v) is 9.09. The van der Waals surface area contributed by atoms with Gasteiger partial charge in [0.2, 0.25) is 0 Å². The molecular weight excluding hydrogens is 438 g/mol. The summed E-state index contributed by atoms with van der Waals surface area (Å²) in [4.78, 5) is 19.8. The fourth-order valence-electron chi connectivity index (χ4n) is 5.20. The maximum absolute atomic E-state index is 12.3. The summed E-state index contributed by atoms with van der Waals surface area (Å²) in [5.41, 5.74) is 5.66. The molecule has 0 saturated heterocycles. The monoisotopic (exact) mass is 465 g/mol. The van der Waals surface area contributed by atoms with Gasteiger partial charge in [-0.15, -0.1) is 0 Å². The number of aromatic nitrogens is 2.